The molecular formula is C26H24ClN6O7PS. The molecule has 42 heavy (non-hydrogen) atoms. The molecule has 1 aliphatic heterocycles. The summed E-state index contributed by atoms with van der Waals surface area (Å²) >= 11 is 6.02. The molecule has 3 N–H and O–H groups in total. The topological polar surface area (TPSA) is 172 Å². The molecule has 0 spiro atoms. The van der Waals surface area contributed by atoms with Gasteiger partial charge in [-0.25, -0.2) is 27.3 Å². The molecule has 0 aliphatic carbocycles. The second-order valence-electron chi connectivity index (χ2n) is 9.47. The molecule has 2 aromatic carbocycles. The highest BCUT2D eigenvalue weighted by molar-refractivity contribution is 7.92. The van der Waals surface area contributed by atoms with Crippen LogP contribution in [0.4, 0.5) is 5.95 Å². The molecule has 13 nitrogen and oxygen atoms in total. The van der Waals surface area contributed by atoms with E-state index in [2.05, 4.69) is 15.3 Å². The average Bonchev–Trinajstić information content (AvgIpc) is 3.55. The highest BCUT2D eigenvalue weighted by Gasteiger charge is 2.35. The summed E-state index contributed by atoms with van der Waals surface area (Å²) in [5.74, 6) is 0.132. The van der Waals surface area contributed by atoms with E-state index in [1.54, 1.807) is 28.8 Å². The van der Waals surface area contributed by atoms with Crippen molar-refractivity contribution in [2.75, 3.05) is 17.4 Å². The number of fused-ring (bicyclic) bond motifs is 1. The third-order valence-electron chi connectivity index (χ3n) is 6.65. The molecule has 1 atom stereocenters. The molecule has 1 aliphatic rings. The lowest BCUT2D eigenvalue weighted by Gasteiger charge is -2.33. The van der Waals surface area contributed by atoms with Gasteiger partial charge in [0, 0.05) is 29.5 Å². The number of nitrogens with one attached hydrogen (secondary N) is 1. The zero-order valence-electron chi connectivity index (χ0n) is 21.7. The summed E-state index contributed by atoms with van der Waals surface area (Å²) < 4.78 is 52.6. The predicted molar refractivity (Wildman–Crippen MR) is 154 cm³/mol. The van der Waals surface area contributed by atoms with Crippen LogP contribution in [-0.2, 0) is 14.6 Å². The number of oxazole rings is 1. The quantitative estimate of drug-likeness (QED) is 0.211. The second-order valence-corrected chi connectivity index (χ2v) is 12.9. The maximum absolute atomic E-state index is 14.0. The molecule has 1 unspecified atom stereocenters. The number of rotatable bonds is 8. The lowest BCUT2D eigenvalue weighted by Crippen LogP contribution is -2.49. The number of nitrogens with zero attached hydrogens (tertiary/aromatic N) is 5. The van der Waals surface area contributed by atoms with Crippen molar-refractivity contribution in [3.05, 3.63) is 78.3 Å². The van der Waals surface area contributed by atoms with E-state index < -0.39 is 23.9 Å². The van der Waals surface area contributed by atoms with Crippen LogP contribution in [0.15, 0.2) is 82.6 Å². The summed E-state index contributed by atoms with van der Waals surface area (Å²) in [5, 5.41) is 3.66. The van der Waals surface area contributed by atoms with Gasteiger partial charge >= 0.3 is 13.7 Å². The van der Waals surface area contributed by atoms with Crippen LogP contribution in [0.3, 0.4) is 0 Å². The van der Waals surface area contributed by atoms with Crippen molar-refractivity contribution in [2.24, 2.45) is 0 Å². The van der Waals surface area contributed by atoms with Gasteiger partial charge in [0.1, 0.15) is 23.4 Å². The number of phosphoric acid groups is 1. The van der Waals surface area contributed by atoms with E-state index in [9.17, 15) is 22.8 Å². The molecule has 1 saturated heterocycles. The van der Waals surface area contributed by atoms with E-state index in [1.165, 1.54) is 53.2 Å². The van der Waals surface area contributed by atoms with E-state index in [0.717, 1.165) is 13.0 Å². The Hall–Kier alpha value is -3.78. The summed E-state index contributed by atoms with van der Waals surface area (Å²) in [7, 11) is -8.90. The molecule has 3 aromatic heterocycles. The van der Waals surface area contributed by atoms with Gasteiger partial charge < -0.3 is 14.3 Å². The Morgan fingerprint density at radius 1 is 1.14 bits per heavy atom. The highest BCUT2D eigenvalue weighted by Crippen LogP contribution is 2.40. The summed E-state index contributed by atoms with van der Waals surface area (Å²) in [6.07, 6.45) is 5.91. The van der Waals surface area contributed by atoms with Crippen molar-refractivity contribution in [3.63, 3.8) is 0 Å². The third-order valence-corrected chi connectivity index (χ3v) is 9.20. The largest absolute Gasteiger partial charge is 0.524 e. The molecule has 1 fully saturated rings. The minimum Gasteiger partial charge on any atom is -0.432 e. The number of imidazole rings is 1. The van der Waals surface area contributed by atoms with Crippen LogP contribution < -0.4 is 14.1 Å². The standard InChI is InChI=1S/C26H24ClN6O7PS/c27-18-6-8-21(9-7-18)42(37,38)33(19-4-2-11-28-16-19)25-29-12-10-22(30-25)24-23(31-26-32(24)13-14-39-26)17-3-1-5-20(15-17)40-41(34,35)36/h1,3,5-10,12-15,19,28H,2,4,11,16H2,(H2,34,35,36). The highest BCUT2D eigenvalue weighted by atomic mass is 35.5. The molecule has 5 aromatic rings. The predicted octanol–water partition coefficient (Wildman–Crippen LogP) is 4.12. The number of aromatic nitrogens is 4. The van der Waals surface area contributed by atoms with Crippen LogP contribution in [0.1, 0.15) is 12.8 Å². The van der Waals surface area contributed by atoms with Gasteiger partial charge in [0.05, 0.1) is 16.6 Å². The number of piperidine rings is 1. The van der Waals surface area contributed by atoms with E-state index >= 15 is 0 Å². The lowest BCUT2D eigenvalue weighted by atomic mass is 10.1. The molecule has 6 rings (SSSR count). The van der Waals surface area contributed by atoms with E-state index in [4.69, 9.17) is 25.5 Å². The van der Waals surface area contributed by atoms with Crippen molar-refractivity contribution < 1.29 is 31.7 Å². The van der Waals surface area contributed by atoms with E-state index in [1.807, 2.05) is 0 Å². The SMILES string of the molecule is O=P(O)(O)Oc1cccc(-c2nc3occn3c2-c2ccnc(N(C3CCCNC3)S(=O)(=O)c3ccc(Cl)cc3)n2)c1. The van der Waals surface area contributed by atoms with Gasteiger partial charge in [0.15, 0.2) is 0 Å². The lowest BCUT2D eigenvalue weighted by molar-refractivity contribution is 0.283. The summed E-state index contributed by atoms with van der Waals surface area (Å²) in [6, 6.07) is 13.2. The molecular weight excluding hydrogens is 607 g/mol. The fraction of sp³-hybridized carbons (Fsp3) is 0.192. The van der Waals surface area contributed by atoms with Crippen LogP contribution in [0.2, 0.25) is 5.02 Å². The first kappa shape index (κ1) is 28.3. The maximum Gasteiger partial charge on any atom is 0.524 e. The molecule has 4 heterocycles. The number of phosphoric ester groups is 1. The minimum atomic E-state index is -4.80. The Morgan fingerprint density at radius 2 is 1.95 bits per heavy atom. The van der Waals surface area contributed by atoms with E-state index in [-0.39, 0.29) is 22.4 Å². The van der Waals surface area contributed by atoms with Crippen LogP contribution in [-0.4, -0.2) is 56.7 Å². The summed E-state index contributed by atoms with van der Waals surface area (Å²) in [5.41, 5.74) is 1.60. The zero-order chi connectivity index (χ0) is 29.5. The van der Waals surface area contributed by atoms with Gasteiger partial charge in [-0.3, -0.25) is 14.2 Å². The first-order valence-corrected chi connectivity index (χ1v) is 16.1. The van der Waals surface area contributed by atoms with Crippen molar-refractivity contribution in [3.8, 4) is 28.4 Å². The zero-order valence-corrected chi connectivity index (χ0v) is 24.2. The third kappa shape index (κ3) is 5.64. The Labute approximate surface area is 245 Å². The average molecular weight is 631 g/mol. The second kappa shape index (κ2) is 11.1. The fourth-order valence-electron chi connectivity index (χ4n) is 4.88. The van der Waals surface area contributed by atoms with Gasteiger partial charge in [-0.2, -0.15) is 4.98 Å². The Morgan fingerprint density at radius 3 is 2.69 bits per heavy atom. The molecule has 0 amide bonds. The van der Waals surface area contributed by atoms with Crippen molar-refractivity contribution in [1.82, 2.24) is 24.7 Å². The van der Waals surface area contributed by atoms with Crippen molar-refractivity contribution in [2.45, 2.75) is 23.8 Å². The van der Waals surface area contributed by atoms with Gasteiger partial charge in [-0.1, -0.05) is 23.7 Å². The number of hydrogen-bond donors (Lipinski definition) is 3. The minimum absolute atomic E-state index is 0.0286. The molecule has 16 heteroatoms. The Balaban J connectivity index is 1.48. The smallest absolute Gasteiger partial charge is 0.432 e. The molecule has 218 valence electrons. The van der Waals surface area contributed by atoms with E-state index in [0.29, 0.717) is 40.6 Å². The Bertz CT molecular complexity index is 1900. The maximum atomic E-state index is 14.0. The monoisotopic (exact) mass is 630 g/mol. The van der Waals surface area contributed by atoms with Crippen LogP contribution in [0.5, 0.6) is 5.75 Å². The number of hydrogen-bond acceptors (Lipinski definition) is 9. The number of benzene rings is 2. The Kier molecular flexibility index (Phi) is 7.51. The molecule has 0 radical (unpaired) electrons. The van der Waals surface area contributed by atoms with Crippen molar-refractivity contribution in [1.29, 1.82) is 0 Å². The van der Waals surface area contributed by atoms with Gasteiger partial charge in [0.2, 0.25) is 5.95 Å². The van der Waals surface area contributed by atoms with Crippen LogP contribution in [0, 0.1) is 0 Å². The van der Waals surface area contributed by atoms with Gasteiger partial charge in [0.25, 0.3) is 10.0 Å². The summed E-state index contributed by atoms with van der Waals surface area (Å²) in [6.45, 7) is 1.19. The summed E-state index contributed by atoms with van der Waals surface area (Å²) in [4.78, 5) is 32.3. The molecule has 0 saturated carbocycles. The van der Waals surface area contributed by atoms with Gasteiger partial charge in [-0.05, 0) is 61.9 Å². The van der Waals surface area contributed by atoms with Gasteiger partial charge in [-0.15, -0.1) is 0 Å². The number of anilines is 1. The normalized spacial score (nSPS) is 16.0. The fourth-order valence-corrected chi connectivity index (χ4v) is 6.97. The number of sulfonamides is 1. The first-order chi connectivity index (χ1) is 20.1. The number of halogens is 1. The van der Waals surface area contributed by atoms with Crippen LogP contribution >= 0.6 is 19.4 Å². The first-order valence-electron chi connectivity index (χ1n) is 12.8. The van der Waals surface area contributed by atoms with Crippen LogP contribution in [0.25, 0.3) is 28.5 Å². The molecule has 0 bridgehead atoms. The van der Waals surface area contributed by atoms with Crippen molar-refractivity contribution >= 4 is 41.2 Å².